The number of rotatable bonds is 4. The average molecular weight is 397 g/mol. The molecule has 3 amide bonds. The Balaban J connectivity index is 0.00000243. The van der Waals surface area contributed by atoms with Gasteiger partial charge >= 0.3 is 0 Å². The van der Waals surface area contributed by atoms with Gasteiger partial charge in [0.2, 0.25) is 5.91 Å². The maximum Gasteiger partial charge on any atom is 0.290 e. The van der Waals surface area contributed by atoms with Crippen molar-refractivity contribution in [1.29, 1.82) is 0 Å². The third kappa shape index (κ3) is 4.20. The molecule has 0 aromatic heterocycles. The number of anilines is 1. The number of nitrogens with two attached hydrogens (primary N) is 1. The van der Waals surface area contributed by atoms with Crippen molar-refractivity contribution < 1.29 is 14.4 Å². The van der Waals surface area contributed by atoms with Crippen LogP contribution in [0.1, 0.15) is 22.3 Å². The van der Waals surface area contributed by atoms with Gasteiger partial charge < -0.3 is 15.5 Å². The summed E-state index contributed by atoms with van der Waals surface area (Å²) < 4.78 is 0. The van der Waals surface area contributed by atoms with Crippen molar-refractivity contribution in [3.05, 3.63) is 34.2 Å². The summed E-state index contributed by atoms with van der Waals surface area (Å²) in [5.74, 6) is -0.948. The maximum atomic E-state index is 11.8. The van der Waals surface area contributed by atoms with Crippen LogP contribution in [0, 0.1) is 0 Å². The highest BCUT2D eigenvalue weighted by Gasteiger charge is 2.28. The lowest BCUT2D eigenvalue weighted by Crippen LogP contribution is -2.31. The van der Waals surface area contributed by atoms with Crippen molar-refractivity contribution in [1.82, 2.24) is 10.2 Å². The highest BCUT2D eigenvalue weighted by atomic mass is 35.5. The van der Waals surface area contributed by atoms with E-state index in [-0.39, 0.29) is 12.4 Å². The second-order valence-electron chi connectivity index (χ2n) is 6.34. The molecule has 0 bridgehead atoms. The number of carbonyl (C=O) groups is 3. The van der Waals surface area contributed by atoms with Crippen LogP contribution in [0.2, 0.25) is 0 Å². The van der Waals surface area contributed by atoms with Crippen LogP contribution in [0.3, 0.4) is 0 Å². The van der Waals surface area contributed by atoms with Gasteiger partial charge in [0.05, 0.1) is 4.91 Å². The van der Waals surface area contributed by atoms with Crippen molar-refractivity contribution >= 4 is 53.0 Å². The fourth-order valence-corrected chi connectivity index (χ4v) is 3.73. The van der Waals surface area contributed by atoms with E-state index in [0.29, 0.717) is 22.1 Å². The third-order valence-corrected chi connectivity index (χ3v) is 5.29. The Hall–Kier alpha value is -2.03. The van der Waals surface area contributed by atoms with Crippen molar-refractivity contribution in [3.8, 4) is 0 Å². The van der Waals surface area contributed by atoms with Gasteiger partial charge in [-0.3, -0.25) is 19.7 Å². The first-order chi connectivity index (χ1) is 11.8. The molecule has 3 N–H and O–H groups in total. The summed E-state index contributed by atoms with van der Waals surface area (Å²) in [6.45, 7) is 1.74. The van der Waals surface area contributed by atoms with Gasteiger partial charge in [-0.25, -0.2) is 0 Å². The highest BCUT2D eigenvalue weighted by molar-refractivity contribution is 8.18. The fourth-order valence-electron chi connectivity index (χ4n) is 3.06. The minimum absolute atomic E-state index is 0. The first-order valence-corrected chi connectivity index (χ1v) is 8.77. The maximum absolute atomic E-state index is 11.8. The van der Waals surface area contributed by atoms with E-state index in [2.05, 4.69) is 29.2 Å². The molecule has 1 aromatic rings. The summed E-state index contributed by atoms with van der Waals surface area (Å²) in [5, 5.41) is 1.85. The van der Waals surface area contributed by atoms with Gasteiger partial charge in [0.15, 0.2) is 0 Å². The molecule has 1 aromatic carbocycles. The van der Waals surface area contributed by atoms with Gasteiger partial charge in [-0.2, -0.15) is 0 Å². The van der Waals surface area contributed by atoms with Crippen LogP contribution in [0.5, 0.6) is 0 Å². The quantitative estimate of drug-likeness (QED) is 0.751. The molecule has 2 heterocycles. The molecule has 2 saturated heterocycles. The summed E-state index contributed by atoms with van der Waals surface area (Å²) in [5.41, 5.74) is 7.39. The number of thioether (sulfide) groups is 1. The number of halogens is 1. The van der Waals surface area contributed by atoms with E-state index < -0.39 is 17.1 Å². The minimum atomic E-state index is -0.529. The molecule has 2 aliphatic heterocycles. The molecule has 7 nitrogen and oxygen atoms in total. The Kier molecular flexibility index (Phi) is 6.33. The number of nitrogens with zero attached hydrogens (tertiary/aromatic N) is 2. The lowest BCUT2D eigenvalue weighted by atomic mass is 10.1. The first kappa shape index (κ1) is 20.3. The number of imide groups is 1. The van der Waals surface area contributed by atoms with Crippen LogP contribution >= 0.6 is 24.2 Å². The van der Waals surface area contributed by atoms with Gasteiger partial charge in [-0.1, -0.05) is 0 Å². The number of hydrogen-bond donors (Lipinski definition) is 2. The van der Waals surface area contributed by atoms with Crippen molar-refractivity contribution in [3.63, 3.8) is 0 Å². The molecular weight excluding hydrogens is 376 g/mol. The van der Waals surface area contributed by atoms with Crippen LogP contribution in [0.15, 0.2) is 23.1 Å². The van der Waals surface area contributed by atoms with E-state index in [1.54, 1.807) is 18.2 Å². The largest absolute Gasteiger partial charge is 0.369 e. The Bertz CT molecular complexity index is 781. The highest BCUT2D eigenvalue weighted by Crippen LogP contribution is 2.32. The Morgan fingerprint density at radius 1 is 1.38 bits per heavy atom. The zero-order valence-corrected chi connectivity index (χ0v) is 16.2. The van der Waals surface area contributed by atoms with E-state index in [0.717, 1.165) is 37.0 Å². The average Bonchev–Trinajstić information content (AvgIpc) is 3.14. The monoisotopic (exact) mass is 396 g/mol. The molecule has 1 atom stereocenters. The Morgan fingerprint density at radius 2 is 2.12 bits per heavy atom. The van der Waals surface area contributed by atoms with Crippen molar-refractivity contribution in [2.24, 2.45) is 5.73 Å². The zero-order valence-electron chi connectivity index (χ0n) is 14.5. The molecular formula is C17H21ClN4O3S. The number of benzene rings is 1. The lowest BCUT2D eigenvalue weighted by Gasteiger charge is -2.23. The van der Waals surface area contributed by atoms with Crippen molar-refractivity contribution in [2.45, 2.75) is 12.5 Å². The number of nitrogens with one attached hydrogen (secondary N) is 1. The number of carbonyl (C=O) groups excluding carboxylic acids is 3. The second kappa shape index (κ2) is 8.11. The smallest absolute Gasteiger partial charge is 0.290 e. The van der Waals surface area contributed by atoms with Crippen LogP contribution in [0.25, 0.3) is 6.08 Å². The molecule has 2 fully saturated rings. The van der Waals surface area contributed by atoms with Crippen LogP contribution in [0.4, 0.5) is 10.5 Å². The van der Waals surface area contributed by atoms with E-state index in [1.807, 2.05) is 6.07 Å². The molecule has 0 saturated carbocycles. The van der Waals surface area contributed by atoms with Crippen LogP contribution in [-0.4, -0.2) is 55.2 Å². The number of amides is 3. The predicted molar refractivity (Wildman–Crippen MR) is 106 cm³/mol. The lowest BCUT2D eigenvalue weighted by molar-refractivity contribution is -0.115. The number of primary amides is 1. The molecule has 1 unspecified atom stereocenters. The van der Waals surface area contributed by atoms with Gasteiger partial charge in [0, 0.05) is 30.4 Å². The van der Waals surface area contributed by atoms with Gasteiger partial charge in [-0.15, -0.1) is 12.4 Å². The van der Waals surface area contributed by atoms with Gasteiger partial charge in [-0.05, 0) is 62.1 Å². The minimum Gasteiger partial charge on any atom is -0.369 e. The molecule has 3 rings (SSSR count). The molecule has 9 heteroatoms. The molecule has 2 aliphatic rings. The second-order valence-corrected chi connectivity index (χ2v) is 7.36. The standard InChI is InChI=1S/C17H20N4O3S.ClH/c1-20(2)12-5-6-21(9-12)13-4-3-10(15(18)22)7-11(13)8-14-16(23)19-17(24)25-14;/h3-4,7-8,12H,5-6,9H2,1-2H3,(H2,18,22)(H,19,23,24);1H. The normalized spacial score (nSPS) is 21.3. The molecule has 0 spiro atoms. The number of likely N-dealkylation sites (N-methyl/N-ethyl adjacent to an activating group) is 1. The number of hydrogen-bond acceptors (Lipinski definition) is 6. The fraction of sp³-hybridized carbons (Fsp3) is 0.353. The summed E-state index contributed by atoms with van der Waals surface area (Å²) in [4.78, 5) is 39.5. The first-order valence-electron chi connectivity index (χ1n) is 7.95. The van der Waals surface area contributed by atoms with Gasteiger partial charge in [0.25, 0.3) is 11.1 Å². The molecule has 140 valence electrons. The SMILES string of the molecule is CN(C)C1CCN(c2ccc(C(N)=O)cc2C=C2SC(=O)NC2=O)C1.Cl. The molecule has 0 aliphatic carbocycles. The Labute approximate surface area is 162 Å². The summed E-state index contributed by atoms with van der Waals surface area (Å²) >= 11 is 0.858. The molecule has 0 radical (unpaired) electrons. The van der Waals surface area contributed by atoms with Crippen LogP contribution in [-0.2, 0) is 4.79 Å². The third-order valence-electron chi connectivity index (χ3n) is 4.48. The van der Waals surface area contributed by atoms with Crippen molar-refractivity contribution in [2.75, 3.05) is 32.1 Å². The molecule has 26 heavy (non-hydrogen) atoms. The Morgan fingerprint density at radius 3 is 2.65 bits per heavy atom. The summed E-state index contributed by atoms with van der Waals surface area (Å²) in [6, 6.07) is 5.66. The van der Waals surface area contributed by atoms with E-state index in [9.17, 15) is 14.4 Å². The topological polar surface area (TPSA) is 95.7 Å². The summed E-state index contributed by atoms with van der Waals surface area (Å²) in [6.07, 6.45) is 2.68. The predicted octanol–water partition coefficient (Wildman–Crippen LogP) is 1.67. The van der Waals surface area contributed by atoms with E-state index >= 15 is 0 Å². The van der Waals surface area contributed by atoms with E-state index in [1.165, 1.54) is 0 Å². The zero-order chi connectivity index (χ0) is 18.1. The van der Waals surface area contributed by atoms with E-state index in [4.69, 9.17) is 5.73 Å². The van der Waals surface area contributed by atoms with Crippen LogP contribution < -0.4 is 16.0 Å². The van der Waals surface area contributed by atoms with Gasteiger partial charge in [0.1, 0.15) is 0 Å². The summed E-state index contributed by atoms with van der Waals surface area (Å²) in [7, 11) is 4.11.